The molecule has 26 heavy (non-hydrogen) atoms. The molecule has 138 valence electrons. The molecule has 1 atom stereocenters. The molecule has 0 saturated heterocycles. The van der Waals surface area contributed by atoms with Gasteiger partial charge in [-0.1, -0.05) is 46.3 Å². The molecule has 1 amide bonds. The molecule has 0 radical (unpaired) electrons. The highest BCUT2D eigenvalue weighted by Gasteiger charge is 2.30. The van der Waals surface area contributed by atoms with Crippen LogP contribution in [-0.2, 0) is 28.6 Å². The molecule has 0 spiro atoms. The standard InChI is InChI=1S/C18H15BrF3NO3/c19-14-4-2-1-3-12(14)10-15(17(25)26)23-16(24)9-11-5-7-13(8-6-11)18(20,21)22/h1-8,15H,9-10H2,(H,23,24)(H,25,26)/t15-/m1/s1. The van der Waals surface area contributed by atoms with E-state index in [1.807, 2.05) is 0 Å². The Balaban J connectivity index is 2.02. The molecule has 0 heterocycles. The fraction of sp³-hybridized carbons (Fsp3) is 0.222. The Hall–Kier alpha value is -2.35. The monoisotopic (exact) mass is 429 g/mol. The van der Waals surface area contributed by atoms with Crippen LogP contribution >= 0.6 is 15.9 Å². The van der Waals surface area contributed by atoms with Gasteiger partial charge < -0.3 is 10.4 Å². The van der Waals surface area contributed by atoms with Crippen molar-refractivity contribution in [2.24, 2.45) is 0 Å². The molecule has 0 aromatic heterocycles. The second-order valence-corrected chi connectivity index (χ2v) is 6.48. The summed E-state index contributed by atoms with van der Waals surface area (Å²) in [5, 5.41) is 11.7. The number of rotatable bonds is 6. The third kappa shape index (κ3) is 5.59. The zero-order chi connectivity index (χ0) is 19.3. The maximum absolute atomic E-state index is 12.5. The van der Waals surface area contributed by atoms with Crippen molar-refractivity contribution < 1.29 is 27.9 Å². The van der Waals surface area contributed by atoms with Gasteiger partial charge in [0.2, 0.25) is 5.91 Å². The van der Waals surface area contributed by atoms with Crippen LogP contribution in [0.3, 0.4) is 0 Å². The van der Waals surface area contributed by atoms with Crippen LogP contribution in [0.5, 0.6) is 0 Å². The van der Waals surface area contributed by atoms with Crippen LogP contribution in [0.2, 0.25) is 0 Å². The zero-order valence-corrected chi connectivity index (χ0v) is 15.0. The summed E-state index contributed by atoms with van der Waals surface area (Å²) in [6.07, 6.45) is -4.58. The summed E-state index contributed by atoms with van der Waals surface area (Å²) in [5.74, 6) is -1.77. The minimum absolute atomic E-state index is 0.0789. The molecule has 2 aromatic carbocycles. The summed E-state index contributed by atoms with van der Waals surface area (Å²) in [5.41, 5.74) is 0.272. The number of aliphatic carboxylic acids is 1. The Morgan fingerprint density at radius 2 is 1.69 bits per heavy atom. The Labute approximate surface area is 156 Å². The van der Waals surface area contributed by atoms with Crippen LogP contribution in [0, 0.1) is 0 Å². The van der Waals surface area contributed by atoms with Crippen LogP contribution in [0.25, 0.3) is 0 Å². The average molecular weight is 430 g/mol. The number of benzene rings is 2. The molecule has 0 aliphatic heterocycles. The fourth-order valence-corrected chi connectivity index (χ4v) is 2.77. The number of carbonyl (C=O) groups is 2. The molecule has 4 nitrogen and oxygen atoms in total. The average Bonchev–Trinajstić information content (AvgIpc) is 2.55. The van der Waals surface area contributed by atoms with Crippen molar-refractivity contribution in [1.29, 1.82) is 0 Å². The first-order valence-electron chi connectivity index (χ1n) is 7.58. The summed E-state index contributed by atoms with van der Waals surface area (Å²) in [7, 11) is 0. The Kier molecular flexibility index (Phi) is 6.42. The maximum atomic E-state index is 12.5. The SMILES string of the molecule is O=C(Cc1ccc(C(F)(F)F)cc1)N[C@H](Cc1ccccc1Br)C(=O)O. The van der Waals surface area contributed by atoms with Crippen molar-refractivity contribution in [2.75, 3.05) is 0 Å². The number of alkyl halides is 3. The van der Waals surface area contributed by atoms with E-state index in [1.165, 1.54) is 12.1 Å². The Bertz CT molecular complexity index is 791. The van der Waals surface area contributed by atoms with Gasteiger partial charge in [-0.3, -0.25) is 4.79 Å². The first kappa shape index (κ1) is 20.0. The molecule has 0 unspecified atom stereocenters. The smallest absolute Gasteiger partial charge is 0.416 e. The third-order valence-electron chi connectivity index (χ3n) is 3.66. The van der Waals surface area contributed by atoms with E-state index < -0.39 is 29.7 Å². The lowest BCUT2D eigenvalue weighted by Crippen LogP contribution is -2.43. The predicted octanol–water partition coefficient (Wildman–Crippen LogP) is 3.82. The van der Waals surface area contributed by atoms with E-state index in [0.29, 0.717) is 5.56 Å². The van der Waals surface area contributed by atoms with Crippen molar-refractivity contribution in [3.63, 3.8) is 0 Å². The van der Waals surface area contributed by atoms with Crippen molar-refractivity contribution >= 4 is 27.8 Å². The van der Waals surface area contributed by atoms with Gasteiger partial charge in [0, 0.05) is 10.9 Å². The molecule has 0 bridgehead atoms. The van der Waals surface area contributed by atoms with E-state index in [9.17, 15) is 27.9 Å². The van der Waals surface area contributed by atoms with Crippen molar-refractivity contribution in [3.8, 4) is 0 Å². The van der Waals surface area contributed by atoms with Crippen LogP contribution in [-0.4, -0.2) is 23.0 Å². The van der Waals surface area contributed by atoms with Crippen molar-refractivity contribution in [3.05, 3.63) is 69.7 Å². The molecular formula is C18H15BrF3NO3. The number of carboxylic acid groups (broad SMARTS) is 1. The highest BCUT2D eigenvalue weighted by molar-refractivity contribution is 9.10. The number of carboxylic acids is 1. The highest BCUT2D eigenvalue weighted by Crippen LogP contribution is 2.29. The van der Waals surface area contributed by atoms with Crippen molar-refractivity contribution in [1.82, 2.24) is 5.32 Å². The van der Waals surface area contributed by atoms with E-state index >= 15 is 0 Å². The van der Waals surface area contributed by atoms with Gasteiger partial charge in [0.15, 0.2) is 0 Å². The van der Waals surface area contributed by atoms with Gasteiger partial charge in [-0.2, -0.15) is 13.2 Å². The van der Waals surface area contributed by atoms with E-state index in [1.54, 1.807) is 24.3 Å². The number of carbonyl (C=O) groups excluding carboxylic acids is 1. The largest absolute Gasteiger partial charge is 0.480 e. The number of hydrogen-bond acceptors (Lipinski definition) is 2. The van der Waals surface area contributed by atoms with Gasteiger partial charge in [0.25, 0.3) is 0 Å². The summed E-state index contributed by atoms with van der Waals surface area (Å²) >= 11 is 3.32. The van der Waals surface area contributed by atoms with Gasteiger partial charge in [-0.25, -0.2) is 4.79 Å². The second-order valence-electron chi connectivity index (χ2n) is 5.63. The number of nitrogens with one attached hydrogen (secondary N) is 1. The summed E-state index contributed by atoms with van der Waals surface area (Å²) in [4.78, 5) is 23.5. The topological polar surface area (TPSA) is 66.4 Å². The Morgan fingerprint density at radius 1 is 1.08 bits per heavy atom. The molecule has 2 rings (SSSR count). The van der Waals surface area contributed by atoms with Crippen LogP contribution in [0.4, 0.5) is 13.2 Å². The zero-order valence-electron chi connectivity index (χ0n) is 13.4. The summed E-state index contributed by atoms with van der Waals surface area (Å²) < 4.78 is 38.3. The molecule has 0 fully saturated rings. The molecule has 8 heteroatoms. The van der Waals surface area contributed by atoms with Crippen LogP contribution in [0.1, 0.15) is 16.7 Å². The quantitative estimate of drug-likeness (QED) is 0.733. The van der Waals surface area contributed by atoms with E-state index in [4.69, 9.17) is 0 Å². The number of amides is 1. The molecule has 0 aliphatic rings. The van der Waals surface area contributed by atoms with E-state index in [2.05, 4.69) is 21.2 Å². The lowest BCUT2D eigenvalue weighted by Gasteiger charge is -2.16. The van der Waals surface area contributed by atoms with Gasteiger partial charge >= 0.3 is 12.1 Å². The minimum atomic E-state index is -4.45. The molecule has 2 aromatic rings. The molecule has 0 aliphatic carbocycles. The van der Waals surface area contributed by atoms with E-state index in [-0.39, 0.29) is 12.8 Å². The lowest BCUT2D eigenvalue weighted by molar-refractivity contribution is -0.141. The first-order valence-corrected chi connectivity index (χ1v) is 8.38. The number of halogens is 4. The second kappa shape index (κ2) is 8.35. The van der Waals surface area contributed by atoms with Crippen LogP contribution < -0.4 is 5.32 Å². The summed E-state index contributed by atoms with van der Waals surface area (Å²) in [6, 6.07) is 10.1. The van der Waals surface area contributed by atoms with Gasteiger partial charge in [-0.15, -0.1) is 0 Å². The third-order valence-corrected chi connectivity index (χ3v) is 4.43. The Morgan fingerprint density at radius 3 is 2.23 bits per heavy atom. The van der Waals surface area contributed by atoms with Gasteiger partial charge in [0.05, 0.1) is 12.0 Å². The minimum Gasteiger partial charge on any atom is -0.480 e. The fourth-order valence-electron chi connectivity index (χ4n) is 2.33. The molecule has 2 N–H and O–H groups in total. The number of hydrogen-bond donors (Lipinski definition) is 2. The van der Waals surface area contributed by atoms with E-state index in [0.717, 1.165) is 22.2 Å². The van der Waals surface area contributed by atoms with Gasteiger partial charge in [0.1, 0.15) is 6.04 Å². The van der Waals surface area contributed by atoms with Crippen molar-refractivity contribution in [2.45, 2.75) is 25.1 Å². The predicted molar refractivity (Wildman–Crippen MR) is 92.6 cm³/mol. The normalized spacial score (nSPS) is 12.5. The highest BCUT2D eigenvalue weighted by atomic mass is 79.9. The summed E-state index contributed by atoms with van der Waals surface area (Å²) in [6.45, 7) is 0. The molecule has 0 saturated carbocycles. The molecular weight excluding hydrogens is 415 g/mol. The first-order chi connectivity index (χ1) is 12.2. The van der Waals surface area contributed by atoms with Gasteiger partial charge in [-0.05, 0) is 29.3 Å². The van der Waals surface area contributed by atoms with Crippen LogP contribution in [0.15, 0.2) is 53.0 Å². The lowest BCUT2D eigenvalue weighted by atomic mass is 10.0. The maximum Gasteiger partial charge on any atom is 0.416 e.